The molecule has 0 unspecified atom stereocenters. The van der Waals surface area contributed by atoms with E-state index in [-0.39, 0.29) is 11.5 Å². The lowest BCUT2D eigenvalue weighted by Crippen LogP contribution is -2.13. The van der Waals surface area contributed by atoms with E-state index in [0.717, 1.165) is 0 Å². The Balaban J connectivity index is 2.63. The van der Waals surface area contributed by atoms with Gasteiger partial charge < -0.3 is 5.73 Å². The molecule has 2 rings (SSSR count). The molecule has 18 heavy (non-hydrogen) atoms. The van der Waals surface area contributed by atoms with Gasteiger partial charge in [0.15, 0.2) is 0 Å². The van der Waals surface area contributed by atoms with Crippen LogP contribution < -0.4 is 5.73 Å². The molecule has 0 aromatic carbocycles. The van der Waals surface area contributed by atoms with Gasteiger partial charge in [0, 0.05) is 13.1 Å². The lowest BCUT2D eigenvalue weighted by Gasteiger charge is -2.09. The van der Waals surface area contributed by atoms with Crippen LogP contribution >= 0.6 is 0 Å². The number of halogens is 3. The molecule has 2 aromatic heterocycles. The van der Waals surface area contributed by atoms with E-state index in [9.17, 15) is 13.2 Å². The smallest absolute Gasteiger partial charge is 0.384 e. The first kappa shape index (κ1) is 12.3. The zero-order chi connectivity index (χ0) is 13.5. The van der Waals surface area contributed by atoms with Crippen LogP contribution in [0.2, 0.25) is 0 Å². The van der Waals surface area contributed by atoms with Gasteiger partial charge in [-0.15, -0.1) is 0 Å². The van der Waals surface area contributed by atoms with Crippen LogP contribution in [0.25, 0.3) is 11.4 Å². The fourth-order valence-electron chi connectivity index (χ4n) is 1.63. The third-order valence-electron chi connectivity index (χ3n) is 2.36. The first-order valence-electron chi connectivity index (χ1n) is 5.00. The number of alkyl halides is 3. The van der Waals surface area contributed by atoms with Gasteiger partial charge >= 0.3 is 6.18 Å². The van der Waals surface area contributed by atoms with E-state index in [1.807, 2.05) is 0 Å². The lowest BCUT2D eigenvalue weighted by atomic mass is 10.2. The van der Waals surface area contributed by atoms with Gasteiger partial charge in [-0.05, 0) is 12.5 Å². The second-order valence-electron chi connectivity index (χ2n) is 3.80. The Morgan fingerprint density at radius 2 is 1.94 bits per heavy atom. The third kappa shape index (κ3) is 2.13. The molecule has 0 atom stereocenters. The van der Waals surface area contributed by atoms with Crippen LogP contribution in [0.5, 0.6) is 0 Å². The van der Waals surface area contributed by atoms with Gasteiger partial charge in [-0.3, -0.25) is 4.68 Å². The molecule has 2 N–H and O–H groups in total. The minimum absolute atomic E-state index is 0.104. The Morgan fingerprint density at radius 1 is 1.28 bits per heavy atom. The number of aryl methyl sites for hydroxylation is 2. The van der Waals surface area contributed by atoms with Gasteiger partial charge in [0.05, 0.1) is 17.6 Å². The molecule has 0 fully saturated rings. The zero-order valence-electron chi connectivity index (χ0n) is 9.65. The molecule has 2 aromatic rings. The third-order valence-corrected chi connectivity index (χ3v) is 2.36. The van der Waals surface area contributed by atoms with E-state index >= 15 is 0 Å². The molecule has 0 saturated heterocycles. The SMILES string of the molecule is Cc1cnn(C)c1-c1cc(N)nc(C(F)(F)F)n1. The van der Waals surface area contributed by atoms with Crippen molar-refractivity contribution in [2.45, 2.75) is 13.1 Å². The predicted molar refractivity (Wildman–Crippen MR) is 58.4 cm³/mol. The average molecular weight is 257 g/mol. The van der Waals surface area contributed by atoms with Gasteiger partial charge in [0.2, 0.25) is 5.82 Å². The van der Waals surface area contributed by atoms with Crippen LogP contribution in [0.4, 0.5) is 19.0 Å². The standard InChI is InChI=1S/C10H10F3N5/c1-5-4-15-18(2)8(5)6-3-7(14)17-9(16-6)10(11,12)13/h3-4H,1-2H3,(H2,14,16,17). The van der Waals surface area contributed by atoms with Crippen molar-refractivity contribution < 1.29 is 13.2 Å². The maximum absolute atomic E-state index is 12.6. The number of hydrogen-bond donors (Lipinski definition) is 1. The molecule has 0 bridgehead atoms. The summed E-state index contributed by atoms with van der Waals surface area (Å²) in [6.07, 6.45) is -3.09. The van der Waals surface area contributed by atoms with Crippen molar-refractivity contribution in [1.29, 1.82) is 0 Å². The summed E-state index contributed by atoms with van der Waals surface area (Å²) in [7, 11) is 1.62. The van der Waals surface area contributed by atoms with E-state index in [1.54, 1.807) is 20.2 Å². The van der Waals surface area contributed by atoms with Crippen molar-refractivity contribution in [2.75, 3.05) is 5.73 Å². The molecular formula is C10H10F3N5. The molecule has 0 amide bonds. The molecule has 96 valence electrons. The Kier molecular flexibility index (Phi) is 2.72. The maximum atomic E-state index is 12.6. The van der Waals surface area contributed by atoms with Gasteiger partial charge in [0.25, 0.3) is 0 Å². The van der Waals surface area contributed by atoms with E-state index in [2.05, 4.69) is 15.1 Å². The molecule has 0 spiro atoms. The molecule has 2 heterocycles. The summed E-state index contributed by atoms with van der Waals surface area (Å²) in [5.74, 6) is -1.48. The number of rotatable bonds is 1. The van der Waals surface area contributed by atoms with Gasteiger partial charge in [-0.2, -0.15) is 18.3 Å². The largest absolute Gasteiger partial charge is 0.451 e. The number of aromatic nitrogens is 4. The summed E-state index contributed by atoms with van der Waals surface area (Å²) in [5.41, 5.74) is 6.68. The van der Waals surface area contributed by atoms with Crippen LogP contribution in [0.3, 0.4) is 0 Å². The zero-order valence-corrected chi connectivity index (χ0v) is 9.65. The quantitative estimate of drug-likeness (QED) is 0.845. The fourth-order valence-corrected chi connectivity index (χ4v) is 1.63. The Morgan fingerprint density at radius 3 is 2.44 bits per heavy atom. The molecule has 5 nitrogen and oxygen atoms in total. The molecule has 0 aliphatic carbocycles. The maximum Gasteiger partial charge on any atom is 0.451 e. The molecule has 0 aliphatic heterocycles. The Bertz CT molecular complexity index is 568. The van der Waals surface area contributed by atoms with Gasteiger partial charge in [0.1, 0.15) is 5.82 Å². The van der Waals surface area contributed by atoms with Gasteiger partial charge in [-0.1, -0.05) is 0 Å². The summed E-state index contributed by atoms with van der Waals surface area (Å²) in [6.45, 7) is 1.73. The number of nitrogens with two attached hydrogens (primary N) is 1. The number of anilines is 1. The van der Waals surface area contributed by atoms with Crippen molar-refractivity contribution >= 4 is 5.82 Å². The number of nitrogen functional groups attached to an aromatic ring is 1. The van der Waals surface area contributed by atoms with Crippen LogP contribution in [0.15, 0.2) is 12.3 Å². The minimum Gasteiger partial charge on any atom is -0.384 e. The lowest BCUT2D eigenvalue weighted by molar-refractivity contribution is -0.144. The van der Waals surface area contributed by atoms with Crippen molar-refractivity contribution in [3.63, 3.8) is 0 Å². The first-order valence-corrected chi connectivity index (χ1v) is 5.00. The highest BCUT2D eigenvalue weighted by Crippen LogP contribution is 2.29. The molecular weight excluding hydrogens is 247 g/mol. The topological polar surface area (TPSA) is 69.6 Å². The highest BCUT2D eigenvalue weighted by Gasteiger charge is 2.35. The highest BCUT2D eigenvalue weighted by molar-refractivity contribution is 5.61. The van der Waals surface area contributed by atoms with Crippen molar-refractivity contribution in [3.05, 3.63) is 23.7 Å². The first-order chi connectivity index (χ1) is 8.29. The number of nitrogens with zero attached hydrogens (tertiary/aromatic N) is 4. The normalized spacial score (nSPS) is 11.8. The van der Waals surface area contributed by atoms with Crippen LogP contribution in [-0.4, -0.2) is 19.7 Å². The van der Waals surface area contributed by atoms with Crippen LogP contribution in [-0.2, 0) is 13.2 Å². The van der Waals surface area contributed by atoms with Crippen molar-refractivity contribution in [2.24, 2.45) is 7.05 Å². The van der Waals surface area contributed by atoms with E-state index in [0.29, 0.717) is 11.3 Å². The highest BCUT2D eigenvalue weighted by atomic mass is 19.4. The minimum atomic E-state index is -4.63. The van der Waals surface area contributed by atoms with Crippen molar-refractivity contribution in [3.8, 4) is 11.4 Å². The Hall–Kier alpha value is -2.12. The summed E-state index contributed by atoms with van der Waals surface area (Å²) in [6, 6.07) is 1.29. The van der Waals surface area contributed by atoms with E-state index < -0.39 is 12.0 Å². The summed E-state index contributed by atoms with van der Waals surface area (Å²) in [5, 5.41) is 3.95. The second kappa shape index (κ2) is 3.97. The van der Waals surface area contributed by atoms with E-state index in [1.165, 1.54) is 10.7 Å². The Labute approximate surface area is 100 Å². The second-order valence-corrected chi connectivity index (χ2v) is 3.80. The predicted octanol–water partition coefficient (Wildman–Crippen LogP) is 1.79. The van der Waals surface area contributed by atoms with Crippen molar-refractivity contribution in [1.82, 2.24) is 19.7 Å². The fraction of sp³-hybridized carbons (Fsp3) is 0.300. The summed E-state index contributed by atoms with van der Waals surface area (Å²) >= 11 is 0. The average Bonchev–Trinajstić information content (AvgIpc) is 2.56. The molecule has 0 saturated carbocycles. The molecule has 0 radical (unpaired) electrons. The van der Waals surface area contributed by atoms with Gasteiger partial charge in [-0.25, -0.2) is 9.97 Å². The van der Waals surface area contributed by atoms with E-state index in [4.69, 9.17) is 5.73 Å². The molecule has 8 heteroatoms. The van der Waals surface area contributed by atoms with Crippen LogP contribution in [0.1, 0.15) is 11.4 Å². The monoisotopic (exact) mass is 257 g/mol. The van der Waals surface area contributed by atoms with Crippen LogP contribution in [0, 0.1) is 6.92 Å². The summed E-state index contributed by atoms with van der Waals surface area (Å²) < 4.78 is 39.2. The number of hydrogen-bond acceptors (Lipinski definition) is 4. The summed E-state index contributed by atoms with van der Waals surface area (Å²) in [4.78, 5) is 6.68. The molecule has 0 aliphatic rings.